The first-order valence-corrected chi connectivity index (χ1v) is 2.02. The van der Waals surface area contributed by atoms with Crippen LogP contribution >= 0.6 is 0 Å². The largest absolute Gasteiger partial charge is 0.315 e. The Morgan fingerprint density at radius 1 is 1.29 bits per heavy atom. The Morgan fingerprint density at radius 3 is 2.14 bits per heavy atom. The molecule has 0 spiro atoms. The van der Waals surface area contributed by atoms with Crippen LogP contribution in [0.1, 0.15) is 0 Å². The smallest absolute Gasteiger partial charge is 0.301 e. The minimum Gasteiger partial charge on any atom is -0.301 e. The number of rotatable bonds is 0. The molecule has 0 aliphatic heterocycles. The van der Waals surface area contributed by atoms with Gasteiger partial charge in [-0.15, -0.1) is 0 Å². The molecule has 0 unspecified atom stereocenters. The van der Waals surface area contributed by atoms with E-state index in [-0.39, 0.29) is 0 Å². The van der Waals surface area contributed by atoms with Crippen LogP contribution in [0, 0.1) is 38.3 Å². The summed E-state index contributed by atoms with van der Waals surface area (Å²) in [7, 11) is 0. The van der Waals surface area contributed by atoms with E-state index in [2.05, 4.69) is 4.85 Å². The lowest BCUT2D eigenvalue weighted by atomic mass is 10.3. The molecule has 0 N–H and O–H groups in total. The van der Waals surface area contributed by atoms with Crippen molar-refractivity contribution in [2.45, 2.75) is 0 Å². The van der Waals surface area contributed by atoms with E-state index in [0.29, 0.717) is 0 Å². The fourth-order valence-corrected chi connectivity index (χ4v) is 0.438. The molecule has 1 nitrogen and oxygen atoms in total. The summed E-state index contributed by atoms with van der Waals surface area (Å²) in [6.45, 7) is 6.49. The third kappa shape index (κ3) is 0.928. The summed E-state index contributed by atoms with van der Waals surface area (Å²) in [4.78, 5) is 3.18. The topological polar surface area (TPSA) is 4.36 Å². The molecule has 1 aliphatic carbocycles. The standard InChI is InChI=1S/C6H4N/c1-7-6-4-2-3-5-6/h2-5H. The Kier molecular flexibility index (Phi) is 1.31. The van der Waals surface area contributed by atoms with E-state index >= 15 is 0 Å². The van der Waals surface area contributed by atoms with Gasteiger partial charge in [0, 0.05) is 0 Å². The first kappa shape index (κ1) is 4.64. The molecular formula is C6H4N. The van der Waals surface area contributed by atoms with Gasteiger partial charge in [-0.2, -0.15) is 0 Å². The van der Waals surface area contributed by atoms with Crippen LogP contribution in [0.5, 0.6) is 0 Å². The Balaban J connectivity index is 2.31. The van der Waals surface area contributed by atoms with Gasteiger partial charge in [0.05, 0.1) is 12.8 Å². The molecule has 1 rings (SSSR count). The van der Waals surface area contributed by atoms with Gasteiger partial charge >= 0.3 is 6.04 Å². The number of hydrogen-bond acceptors (Lipinski definition) is 0. The van der Waals surface area contributed by atoms with E-state index in [0.717, 1.165) is 6.04 Å². The van der Waals surface area contributed by atoms with Crippen LogP contribution in [0.2, 0.25) is 0 Å². The minimum absolute atomic E-state index is 0.722. The average Bonchev–Trinajstić information content (AvgIpc) is 2.14. The van der Waals surface area contributed by atoms with Crippen molar-refractivity contribution in [3.8, 4) is 0 Å². The van der Waals surface area contributed by atoms with Crippen molar-refractivity contribution < 1.29 is 0 Å². The van der Waals surface area contributed by atoms with Gasteiger partial charge in [0.1, 0.15) is 0 Å². The second-order valence-electron chi connectivity index (χ2n) is 1.25. The Labute approximate surface area is 44.2 Å². The van der Waals surface area contributed by atoms with Crippen LogP contribution < -0.4 is 0 Å². The van der Waals surface area contributed by atoms with Gasteiger partial charge in [-0.1, -0.05) is 0 Å². The predicted molar refractivity (Wildman–Crippen MR) is 27.0 cm³/mol. The second-order valence-corrected chi connectivity index (χ2v) is 1.25. The molecule has 7 heavy (non-hydrogen) atoms. The van der Waals surface area contributed by atoms with Crippen LogP contribution in [0.4, 0.5) is 0 Å². The van der Waals surface area contributed by atoms with Crippen LogP contribution in [-0.2, 0) is 0 Å². The SMILES string of the molecule is [C-]#[N+][C]1[CH][CH][CH][CH]1. The highest BCUT2D eigenvalue weighted by atomic mass is 14.7. The van der Waals surface area contributed by atoms with Crippen LogP contribution in [0.25, 0.3) is 4.85 Å². The first-order chi connectivity index (χ1) is 3.43. The molecule has 0 amide bonds. The third-order valence-electron chi connectivity index (χ3n) is 0.774. The molecular weight excluding hydrogens is 86.1 g/mol. The zero-order valence-corrected chi connectivity index (χ0v) is 3.76. The summed E-state index contributed by atoms with van der Waals surface area (Å²) in [6, 6.07) is 0.722. The van der Waals surface area contributed by atoms with Gasteiger partial charge in [0.2, 0.25) is 0 Å². The van der Waals surface area contributed by atoms with Crippen LogP contribution in [0.15, 0.2) is 0 Å². The minimum atomic E-state index is 0.722. The zero-order valence-electron chi connectivity index (χ0n) is 3.76. The molecule has 0 bridgehead atoms. The lowest BCUT2D eigenvalue weighted by Crippen LogP contribution is -1.78. The molecule has 0 aromatic heterocycles. The van der Waals surface area contributed by atoms with Gasteiger partial charge in [-0.05, 0) is 12.8 Å². The van der Waals surface area contributed by atoms with E-state index < -0.39 is 0 Å². The highest BCUT2D eigenvalue weighted by Crippen LogP contribution is 2.23. The molecule has 1 aliphatic rings. The van der Waals surface area contributed by atoms with Gasteiger partial charge in [0.15, 0.2) is 0 Å². The van der Waals surface area contributed by atoms with Crippen molar-refractivity contribution in [1.82, 2.24) is 0 Å². The van der Waals surface area contributed by atoms with E-state index in [1.807, 2.05) is 12.8 Å². The molecule has 5 radical (unpaired) electrons. The van der Waals surface area contributed by atoms with E-state index in [1.165, 1.54) is 0 Å². The summed E-state index contributed by atoms with van der Waals surface area (Å²) in [5, 5.41) is 0. The fraction of sp³-hybridized carbons (Fsp3) is 0. The Bertz CT molecular complexity index is 84.8. The summed E-state index contributed by atoms with van der Waals surface area (Å²) in [5.74, 6) is 0. The zero-order chi connectivity index (χ0) is 5.11. The van der Waals surface area contributed by atoms with E-state index in [9.17, 15) is 0 Å². The quantitative estimate of drug-likeness (QED) is 0.394. The van der Waals surface area contributed by atoms with Crippen molar-refractivity contribution in [2.75, 3.05) is 0 Å². The maximum Gasteiger partial charge on any atom is 0.315 e. The van der Waals surface area contributed by atoms with Gasteiger partial charge in [-0.3, -0.25) is 0 Å². The highest BCUT2D eigenvalue weighted by molar-refractivity contribution is 5.38. The summed E-state index contributed by atoms with van der Waals surface area (Å²) in [6.07, 6.45) is 7.28. The summed E-state index contributed by atoms with van der Waals surface area (Å²) >= 11 is 0. The number of hydrogen-bond donors (Lipinski definition) is 0. The van der Waals surface area contributed by atoms with Gasteiger partial charge in [-0.25, -0.2) is 6.57 Å². The monoisotopic (exact) mass is 90.0 g/mol. The molecule has 1 saturated carbocycles. The van der Waals surface area contributed by atoms with Crippen molar-refractivity contribution in [1.29, 1.82) is 0 Å². The summed E-state index contributed by atoms with van der Waals surface area (Å²) < 4.78 is 0. The first-order valence-electron chi connectivity index (χ1n) is 2.02. The summed E-state index contributed by atoms with van der Waals surface area (Å²) in [5.41, 5.74) is 0. The van der Waals surface area contributed by atoms with Crippen molar-refractivity contribution in [2.24, 2.45) is 0 Å². The van der Waals surface area contributed by atoms with Gasteiger partial charge in [0.25, 0.3) is 0 Å². The molecule has 33 valence electrons. The molecule has 0 saturated heterocycles. The predicted octanol–water partition coefficient (Wildman–Crippen LogP) is 1.27. The van der Waals surface area contributed by atoms with E-state index in [4.69, 9.17) is 6.57 Å². The molecule has 1 heteroatoms. The maximum atomic E-state index is 6.49. The molecule has 0 aromatic carbocycles. The van der Waals surface area contributed by atoms with Crippen molar-refractivity contribution >= 4 is 0 Å². The highest BCUT2D eigenvalue weighted by Gasteiger charge is 2.22. The molecule has 0 heterocycles. The maximum absolute atomic E-state index is 6.49. The van der Waals surface area contributed by atoms with Crippen molar-refractivity contribution in [3.63, 3.8) is 0 Å². The van der Waals surface area contributed by atoms with Crippen LogP contribution in [0.3, 0.4) is 0 Å². The molecule has 0 atom stereocenters. The average molecular weight is 90.1 g/mol. The van der Waals surface area contributed by atoms with Gasteiger partial charge < -0.3 is 4.85 Å². The third-order valence-corrected chi connectivity index (χ3v) is 0.774. The normalized spacial score (nSPS) is 22.1. The Hall–Kier alpha value is -0.510. The fourth-order valence-electron chi connectivity index (χ4n) is 0.438. The lowest BCUT2D eigenvalue weighted by molar-refractivity contribution is 1.37. The number of nitrogens with zero attached hydrogens (tertiary/aromatic N) is 1. The van der Waals surface area contributed by atoms with Crippen molar-refractivity contribution in [3.05, 3.63) is 43.1 Å². The van der Waals surface area contributed by atoms with Crippen LogP contribution in [-0.4, -0.2) is 0 Å². The Morgan fingerprint density at radius 2 is 1.86 bits per heavy atom. The lowest BCUT2D eigenvalue weighted by Gasteiger charge is -1.80. The molecule has 0 aromatic rings. The van der Waals surface area contributed by atoms with E-state index in [1.54, 1.807) is 12.8 Å². The second kappa shape index (κ2) is 1.97. The molecule has 1 fully saturated rings.